The van der Waals surface area contributed by atoms with Gasteiger partial charge >= 0.3 is 0 Å². The molecule has 2 aliphatic rings. The van der Waals surface area contributed by atoms with E-state index in [0.29, 0.717) is 0 Å². The highest BCUT2D eigenvalue weighted by Crippen LogP contribution is 2.42. The minimum absolute atomic E-state index is 0.912. The molecule has 0 N–H and O–H groups in total. The molecule has 0 radical (unpaired) electrons. The van der Waals surface area contributed by atoms with E-state index in [-0.39, 0.29) is 0 Å². The molecule has 0 spiro atoms. The minimum atomic E-state index is 0.912. The van der Waals surface area contributed by atoms with Crippen molar-refractivity contribution in [3.63, 3.8) is 0 Å². The average molecular weight is 262 g/mol. The van der Waals surface area contributed by atoms with Gasteiger partial charge in [-0.2, -0.15) is 0 Å². The van der Waals surface area contributed by atoms with Crippen molar-refractivity contribution in [1.29, 1.82) is 0 Å². The Morgan fingerprint density at radius 3 is 1.89 bits per heavy atom. The molecule has 110 valence electrons. The van der Waals surface area contributed by atoms with Crippen LogP contribution in [0.15, 0.2) is 12.2 Å². The summed E-state index contributed by atoms with van der Waals surface area (Å²) < 4.78 is 0. The lowest BCUT2D eigenvalue weighted by Crippen LogP contribution is -2.25. The number of hydrogen-bond donors (Lipinski definition) is 0. The van der Waals surface area contributed by atoms with Gasteiger partial charge in [-0.25, -0.2) is 0 Å². The van der Waals surface area contributed by atoms with Gasteiger partial charge in [0, 0.05) is 0 Å². The Morgan fingerprint density at radius 2 is 1.37 bits per heavy atom. The third kappa shape index (κ3) is 4.65. The van der Waals surface area contributed by atoms with Crippen LogP contribution in [0.5, 0.6) is 0 Å². The van der Waals surface area contributed by atoms with E-state index in [9.17, 15) is 0 Å². The monoisotopic (exact) mass is 262 g/mol. The minimum Gasteiger partial charge on any atom is -0.0883 e. The molecule has 0 saturated heterocycles. The van der Waals surface area contributed by atoms with E-state index in [1.807, 2.05) is 0 Å². The predicted molar refractivity (Wildman–Crippen MR) is 85.2 cm³/mol. The lowest BCUT2D eigenvalue weighted by Gasteiger charge is -2.37. The van der Waals surface area contributed by atoms with Gasteiger partial charge < -0.3 is 0 Å². The van der Waals surface area contributed by atoms with E-state index in [1.54, 1.807) is 12.8 Å². The molecule has 19 heavy (non-hydrogen) atoms. The largest absolute Gasteiger partial charge is 0.0883 e. The van der Waals surface area contributed by atoms with E-state index in [4.69, 9.17) is 0 Å². The van der Waals surface area contributed by atoms with Crippen LogP contribution in [0, 0.1) is 23.7 Å². The third-order valence-corrected chi connectivity index (χ3v) is 5.82. The smallest absolute Gasteiger partial charge is 0.0233 e. The summed E-state index contributed by atoms with van der Waals surface area (Å²) in [4.78, 5) is 0. The maximum atomic E-state index is 2.52. The van der Waals surface area contributed by atoms with Crippen LogP contribution in [0.4, 0.5) is 0 Å². The summed E-state index contributed by atoms with van der Waals surface area (Å²) in [5.74, 6) is 4.14. The molecule has 0 aromatic carbocycles. The van der Waals surface area contributed by atoms with Gasteiger partial charge in [0.15, 0.2) is 0 Å². The maximum Gasteiger partial charge on any atom is -0.0233 e. The van der Waals surface area contributed by atoms with E-state index in [1.165, 1.54) is 57.8 Å². The summed E-state index contributed by atoms with van der Waals surface area (Å²) >= 11 is 0. The van der Waals surface area contributed by atoms with Crippen molar-refractivity contribution in [2.45, 2.75) is 84.5 Å². The Labute approximate surface area is 121 Å². The first kappa shape index (κ1) is 15.1. The quantitative estimate of drug-likeness (QED) is 0.505. The molecule has 0 aromatic heterocycles. The van der Waals surface area contributed by atoms with Crippen LogP contribution in [0.1, 0.15) is 84.5 Å². The molecule has 2 fully saturated rings. The molecule has 0 amide bonds. The summed E-state index contributed by atoms with van der Waals surface area (Å²) in [6, 6.07) is 0. The molecule has 0 aromatic rings. The SMILES string of the molecule is CCC/C=C/C1CCC(C2CCC(CC)CC2)CC1. The molecule has 0 heterocycles. The van der Waals surface area contributed by atoms with E-state index in [2.05, 4.69) is 26.0 Å². The van der Waals surface area contributed by atoms with Crippen molar-refractivity contribution in [3.05, 3.63) is 12.2 Å². The topological polar surface area (TPSA) is 0 Å². The van der Waals surface area contributed by atoms with Gasteiger partial charge in [0.2, 0.25) is 0 Å². The molecule has 2 rings (SSSR count). The van der Waals surface area contributed by atoms with Crippen LogP contribution in [0.2, 0.25) is 0 Å². The van der Waals surface area contributed by atoms with E-state index in [0.717, 1.165) is 23.7 Å². The van der Waals surface area contributed by atoms with Gasteiger partial charge in [-0.15, -0.1) is 0 Å². The predicted octanol–water partition coefficient (Wildman–Crippen LogP) is 6.37. The molecular formula is C19H34. The summed E-state index contributed by atoms with van der Waals surface area (Å²) in [5, 5.41) is 0. The average Bonchev–Trinajstić information content (AvgIpc) is 2.48. The van der Waals surface area contributed by atoms with Crippen molar-refractivity contribution in [1.82, 2.24) is 0 Å². The fourth-order valence-electron chi connectivity index (χ4n) is 4.33. The first-order valence-electron chi connectivity index (χ1n) is 9.00. The van der Waals surface area contributed by atoms with Crippen LogP contribution in [0.25, 0.3) is 0 Å². The molecule has 0 heteroatoms. The lowest BCUT2D eigenvalue weighted by atomic mass is 9.69. The van der Waals surface area contributed by atoms with Gasteiger partial charge in [0.05, 0.1) is 0 Å². The normalized spacial score (nSPS) is 36.7. The van der Waals surface area contributed by atoms with Crippen LogP contribution < -0.4 is 0 Å². The van der Waals surface area contributed by atoms with Crippen LogP contribution in [0.3, 0.4) is 0 Å². The second kappa shape index (κ2) is 8.12. The zero-order valence-corrected chi connectivity index (χ0v) is 13.2. The first-order chi connectivity index (χ1) is 9.33. The zero-order chi connectivity index (χ0) is 13.5. The summed E-state index contributed by atoms with van der Waals surface area (Å²) in [6.07, 6.45) is 21.1. The van der Waals surface area contributed by atoms with Crippen molar-refractivity contribution >= 4 is 0 Å². The lowest BCUT2D eigenvalue weighted by molar-refractivity contribution is 0.154. The molecule has 0 unspecified atom stereocenters. The van der Waals surface area contributed by atoms with Gasteiger partial charge in [-0.05, 0) is 68.6 Å². The van der Waals surface area contributed by atoms with Gasteiger partial charge in [-0.3, -0.25) is 0 Å². The Morgan fingerprint density at radius 1 is 0.789 bits per heavy atom. The van der Waals surface area contributed by atoms with Crippen molar-refractivity contribution in [3.8, 4) is 0 Å². The summed E-state index contributed by atoms with van der Waals surface area (Å²) in [6.45, 7) is 4.65. The Kier molecular flexibility index (Phi) is 6.47. The van der Waals surface area contributed by atoms with Gasteiger partial charge in [0.25, 0.3) is 0 Å². The van der Waals surface area contributed by atoms with Gasteiger partial charge in [0.1, 0.15) is 0 Å². The molecule has 0 atom stereocenters. The molecule has 2 saturated carbocycles. The second-order valence-electron chi connectivity index (χ2n) is 7.08. The summed E-state index contributed by atoms with van der Waals surface area (Å²) in [7, 11) is 0. The Bertz CT molecular complexity index is 249. The Balaban J connectivity index is 1.68. The number of rotatable bonds is 5. The van der Waals surface area contributed by atoms with Crippen LogP contribution in [-0.2, 0) is 0 Å². The second-order valence-corrected chi connectivity index (χ2v) is 7.08. The van der Waals surface area contributed by atoms with E-state index < -0.39 is 0 Å². The molecule has 2 aliphatic carbocycles. The zero-order valence-electron chi connectivity index (χ0n) is 13.2. The fourth-order valence-corrected chi connectivity index (χ4v) is 4.33. The maximum absolute atomic E-state index is 2.52. The number of allylic oxidation sites excluding steroid dienone is 2. The van der Waals surface area contributed by atoms with Gasteiger partial charge in [-0.1, -0.05) is 51.7 Å². The highest BCUT2D eigenvalue weighted by atomic mass is 14.3. The highest BCUT2D eigenvalue weighted by molar-refractivity contribution is 4.92. The number of unbranched alkanes of at least 4 members (excludes halogenated alkanes) is 1. The Hall–Kier alpha value is -0.260. The summed E-state index contributed by atoms with van der Waals surface area (Å²) in [5.41, 5.74) is 0. The van der Waals surface area contributed by atoms with Crippen molar-refractivity contribution in [2.24, 2.45) is 23.7 Å². The van der Waals surface area contributed by atoms with E-state index >= 15 is 0 Å². The highest BCUT2D eigenvalue weighted by Gasteiger charge is 2.29. The van der Waals surface area contributed by atoms with Crippen molar-refractivity contribution < 1.29 is 0 Å². The fraction of sp³-hybridized carbons (Fsp3) is 0.895. The first-order valence-corrected chi connectivity index (χ1v) is 9.00. The van der Waals surface area contributed by atoms with Crippen LogP contribution in [-0.4, -0.2) is 0 Å². The van der Waals surface area contributed by atoms with Crippen LogP contribution >= 0.6 is 0 Å². The number of hydrogen-bond acceptors (Lipinski definition) is 0. The molecular weight excluding hydrogens is 228 g/mol. The molecule has 0 bridgehead atoms. The van der Waals surface area contributed by atoms with Crippen molar-refractivity contribution in [2.75, 3.05) is 0 Å². The standard InChI is InChI=1S/C19H34/c1-3-5-6-7-17-10-14-19(15-11-17)18-12-8-16(4-2)9-13-18/h6-7,16-19H,3-5,8-15H2,1-2H3/b7-6+. The molecule has 0 aliphatic heterocycles. The molecule has 0 nitrogen and oxygen atoms in total. The third-order valence-electron chi connectivity index (χ3n) is 5.82.